The predicted octanol–water partition coefficient (Wildman–Crippen LogP) is 2.80. The lowest BCUT2D eigenvalue weighted by atomic mass is 10.1. The molecule has 0 aliphatic heterocycles. The fraction of sp³-hybridized carbons (Fsp3) is 0.143. The summed E-state index contributed by atoms with van der Waals surface area (Å²) in [6.07, 6.45) is 0. The van der Waals surface area contributed by atoms with Crippen LogP contribution in [0.1, 0.15) is 25.6 Å². The zero-order chi connectivity index (χ0) is 16.1. The quantitative estimate of drug-likeness (QED) is 0.477. The lowest BCUT2D eigenvalue weighted by Gasteiger charge is -2.04. The van der Waals surface area contributed by atoms with Gasteiger partial charge in [0.1, 0.15) is 11.5 Å². The number of thiophene rings is 1. The minimum atomic E-state index is -0.629. The number of ether oxygens (including phenoxy) is 2. The maximum absolute atomic E-state index is 11.8. The van der Waals surface area contributed by atoms with Gasteiger partial charge in [-0.1, -0.05) is 23.5 Å². The van der Waals surface area contributed by atoms with Gasteiger partial charge in [-0.15, -0.1) is 0 Å². The molecule has 1 aromatic carbocycles. The first-order chi connectivity index (χ1) is 10.5. The van der Waals surface area contributed by atoms with Gasteiger partial charge in [-0.25, -0.2) is 9.59 Å². The van der Waals surface area contributed by atoms with Crippen LogP contribution in [0.4, 0.5) is 5.00 Å². The Bertz CT molecular complexity index is 706. The molecular weight excluding hydrogens is 310 g/mol. The van der Waals surface area contributed by atoms with E-state index in [4.69, 9.17) is 4.74 Å². The van der Waals surface area contributed by atoms with Gasteiger partial charge in [-0.3, -0.25) is 10.1 Å². The topological polar surface area (TPSA) is 95.7 Å². The summed E-state index contributed by atoms with van der Waals surface area (Å²) in [5.41, 5.74) is 1.08. The third kappa shape index (κ3) is 3.67. The maximum Gasteiger partial charge on any atom is 0.348 e. The molecule has 114 valence electrons. The van der Waals surface area contributed by atoms with Crippen LogP contribution in [0.2, 0.25) is 0 Å². The Labute approximate surface area is 129 Å². The smallest absolute Gasteiger partial charge is 0.348 e. The predicted molar refractivity (Wildman–Crippen MR) is 77.9 cm³/mol. The molecule has 2 rings (SSSR count). The van der Waals surface area contributed by atoms with E-state index in [9.17, 15) is 19.7 Å². The lowest BCUT2D eigenvalue weighted by molar-refractivity contribution is -0.380. The molecule has 0 amide bonds. The molecule has 8 heteroatoms. The summed E-state index contributed by atoms with van der Waals surface area (Å²) in [4.78, 5) is 33.2. The largest absolute Gasteiger partial charge is 0.465 e. The highest BCUT2D eigenvalue weighted by Crippen LogP contribution is 2.24. The zero-order valence-corrected chi connectivity index (χ0v) is 12.3. The van der Waals surface area contributed by atoms with Crippen LogP contribution in [-0.2, 0) is 16.1 Å². The van der Waals surface area contributed by atoms with Crippen LogP contribution in [0.15, 0.2) is 36.4 Å². The minimum Gasteiger partial charge on any atom is -0.465 e. The van der Waals surface area contributed by atoms with Crippen LogP contribution in [0.5, 0.6) is 0 Å². The molecule has 0 saturated carbocycles. The third-order valence-electron chi connectivity index (χ3n) is 2.72. The summed E-state index contributed by atoms with van der Waals surface area (Å²) >= 11 is 0.759. The van der Waals surface area contributed by atoms with E-state index >= 15 is 0 Å². The van der Waals surface area contributed by atoms with Crippen LogP contribution >= 0.6 is 11.3 Å². The highest BCUT2D eigenvalue weighted by atomic mass is 32.1. The number of nitro groups is 1. The molecule has 0 bridgehead atoms. The van der Waals surface area contributed by atoms with Crippen molar-refractivity contribution in [2.45, 2.75) is 6.61 Å². The number of nitrogens with zero attached hydrogens (tertiary/aromatic N) is 1. The number of esters is 2. The van der Waals surface area contributed by atoms with E-state index in [1.54, 1.807) is 24.3 Å². The molecule has 7 nitrogen and oxygen atoms in total. The van der Waals surface area contributed by atoms with Crippen molar-refractivity contribution < 1.29 is 24.0 Å². The second-order valence-corrected chi connectivity index (χ2v) is 5.22. The van der Waals surface area contributed by atoms with Gasteiger partial charge in [-0.05, 0) is 23.8 Å². The second-order valence-electron chi connectivity index (χ2n) is 4.16. The number of carbonyl (C=O) groups excluding carboxylic acids is 2. The van der Waals surface area contributed by atoms with E-state index in [0.717, 1.165) is 11.3 Å². The first kappa shape index (κ1) is 15.6. The van der Waals surface area contributed by atoms with Crippen molar-refractivity contribution in [2.24, 2.45) is 0 Å². The molecule has 0 fully saturated rings. The van der Waals surface area contributed by atoms with Gasteiger partial charge in [0, 0.05) is 6.07 Å². The number of rotatable bonds is 5. The van der Waals surface area contributed by atoms with Crippen molar-refractivity contribution in [1.82, 2.24) is 0 Å². The Kier molecular flexibility index (Phi) is 4.84. The van der Waals surface area contributed by atoms with E-state index in [1.807, 2.05) is 0 Å². The van der Waals surface area contributed by atoms with Crippen molar-refractivity contribution in [3.63, 3.8) is 0 Å². The molecule has 0 radical (unpaired) electrons. The fourth-order valence-corrected chi connectivity index (χ4v) is 2.32. The van der Waals surface area contributed by atoms with Crippen LogP contribution < -0.4 is 0 Å². The van der Waals surface area contributed by atoms with Crippen LogP contribution in [0, 0.1) is 10.1 Å². The number of benzene rings is 1. The first-order valence-corrected chi connectivity index (χ1v) is 6.91. The molecule has 0 aliphatic rings. The molecule has 0 unspecified atom stereocenters. The Morgan fingerprint density at radius 1 is 1.14 bits per heavy atom. The zero-order valence-electron chi connectivity index (χ0n) is 11.5. The van der Waals surface area contributed by atoms with Gasteiger partial charge in [0.25, 0.3) is 0 Å². The van der Waals surface area contributed by atoms with E-state index in [2.05, 4.69) is 4.74 Å². The van der Waals surface area contributed by atoms with Gasteiger partial charge >= 0.3 is 16.9 Å². The molecule has 1 aromatic heterocycles. The van der Waals surface area contributed by atoms with E-state index < -0.39 is 16.9 Å². The van der Waals surface area contributed by atoms with E-state index in [1.165, 1.54) is 19.2 Å². The minimum absolute atomic E-state index is 0.00594. The summed E-state index contributed by atoms with van der Waals surface area (Å²) in [5, 5.41) is 10.4. The summed E-state index contributed by atoms with van der Waals surface area (Å²) in [6.45, 7) is 0.00594. The first-order valence-electron chi connectivity index (χ1n) is 6.10. The number of carbonyl (C=O) groups is 2. The number of hydrogen-bond donors (Lipinski definition) is 0. The lowest BCUT2D eigenvalue weighted by Crippen LogP contribution is -2.04. The van der Waals surface area contributed by atoms with Crippen molar-refractivity contribution in [2.75, 3.05) is 7.11 Å². The Balaban J connectivity index is 1.95. The molecule has 0 spiro atoms. The van der Waals surface area contributed by atoms with Gasteiger partial charge in [0.2, 0.25) is 0 Å². The Morgan fingerprint density at radius 3 is 2.36 bits per heavy atom. The van der Waals surface area contributed by atoms with Gasteiger partial charge in [0.05, 0.1) is 17.6 Å². The van der Waals surface area contributed by atoms with Gasteiger partial charge in [-0.2, -0.15) is 0 Å². The molecule has 0 N–H and O–H groups in total. The normalized spacial score (nSPS) is 10.0. The van der Waals surface area contributed by atoms with E-state index in [0.29, 0.717) is 11.1 Å². The fourth-order valence-electron chi connectivity index (χ4n) is 1.61. The Hall–Kier alpha value is -2.74. The SMILES string of the molecule is COC(=O)c1ccc(COC(=O)c2ccc([N+](=O)[O-])s2)cc1. The van der Waals surface area contributed by atoms with Crippen molar-refractivity contribution in [3.8, 4) is 0 Å². The van der Waals surface area contributed by atoms with Crippen molar-refractivity contribution >= 4 is 28.3 Å². The van der Waals surface area contributed by atoms with Crippen LogP contribution in [0.3, 0.4) is 0 Å². The molecule has 2 aromatic rings. The van der Waals surface area contributed by atoms with Crippen LogP contribution in [0.25, 0.3) is 0 Å². The van der Waals surface area contributed by atoms with Crippen molar-refractivity contribution in [1.29, 1.82) is 0 Å². The molecular formula is C14H11NO6S. The van der Waals surface area contributed by atoms with E-state index in [-0.39, 0.29) is 16.5 Å². The highest BCUT2D eigenvalue weighted by molar-refractivity contribution is 7.17. The number of hydrogen-bond acceptors (Lipinski definition) is 7. The standard InChI is InChI=1S/C14H11NO6S/c1-20-13(16)10-4-2-9(3-5-10)8-21-14(17)11-6-7-12(22-11)15(18)19/h2-7H,8H2,1H3. The molecule has 0 saturated heterocycles. The average molecular weight is 321 g/mol. The second kappa shape index (κ2) is 6.81. The molecule has 22 heavy (non-hydrogen) atoms. The van der Waals surface area contributed by atoms with Crippen molar-refractivity contribution in [3.05, 3.63) is 62.5 Å². The third-order valence-corrected chi connectivity index (χ3v) is 3.73. The maximum atomic E-state index is 11.8. The molecule has 1 heterocycles. The summed E-state index contributed by atoms with van der Waals surface area (Å²) < 4.78 is 9.64. The molecule has 0 atom stereocenters. The highest BCUT2D eigenvalue weighted by Gasteiger charge is 2.16. The summed E-state index contributed by atoms with van der Waals surface area (Å²) in [7, 11) is 1.29. The summed E-state index contributed by atoms with van der Waals surface area (Å²) in [5.74, 6) is -1.08. The Morgan fingerprint density at radius 2 is 1.82 bits per heavy atom. The molecule has 0 aliphatic carbocycles. The monoisotopic (exact) mass is 321 g/mol. The average Bonchev–Trinajstić information content (AvgIpc) is 3.02. The van der Waals surface area contributed by atoms with Gasteiger partial charge < -0.3 is 9.47 Å². The number of methoxy groups -OCH3 is 1. The van der Waals surface area contributed by atoms with Crippen LogP contribution in [-0.4, -0.2) is 24.0 Å². The summed E-state index contributed by atoms with van der Waals surface area (Å²) in [6, 6.07) is 9.00. The van der Waals surface area contributed by atoms with Gasteiger partial charge in [0.15, 0.2) is 0 Å².